The van der Waals surface area contributed by atoms with Crippen molar-refractivity contribution < 1.29 is 37.0 Å². The van der Waals surface area contributed by atoms with Crippen LogP contribution in [0, 0.1) is 10.1 Å². The molecule has 1 aromatic heterocycles. The van der Waals surface area contributed by atoms with Crippen molar-refractivity contribution in [1.29, 1.82) is 0 Å². The number of hydrogen-bond donors (Lipinski definition) is 4. The Bertz CT molecular complexity index is 824. The third kappa shape index (κ3) is 6.51. The van der Waals surface area contributed by atoms with Crippen LogP contribution < -0.4 is 5.32 Å². The fourth-order valence-electron chi connectivity index (χ4n) is 1.61. The number of anilines is 1. The van der Waals surface area contributed by atoms with Gasteiger partial charge in [0.05, 0.1) is 10.6 Å². The number of nitro groups is 1. The van der Waals surface area contributed by atoms with Crippen molar-refractivity contribution in [3.05, 3.63) is 22.2 Å². The Balaban J connectivity index is 0.000000505. The lowest BCUT2D eigenvalue weighted by Crippen LogP contribution is -2.05. The first-order chi connectivity index (χ1) is 11.1. The number of carboxylic acid groups (broad SMARTS) is 1. The van der Waals surface area contributed by atoms with E-state index in [0.717, 1.165) is 0 Å². The minimum absolute atomic E-state index is 0.0419. The van der Waals surface area contributed by atoms with Crippen molar-refractivity contribution >= 4 is 38.8 Å². The first kappa shape index (κ1) is 19.2. The number of rotatable bonds is 6. The molecule has 2 rings (SSSR count). The Morgan fingerprint density at radius 2 is 1.88 bits per heavy atom. The first-order valence-electron chi connectivity index (χ1n) is 6.15. The lowest BCUT2D eigenvalue weighted by atomic mass is 10.2. The number of benzene rings is 1. The minimum Gasteiger partial charge on any atom is -0.481 e. The van der Waals surface area contributed by atoms with Crippen LogP contribution in [-0.2, 0) is 15.2 Å². The van der Waals surface area contributed by atoms with E-state index in [1.54, 1.807) is 0 Å². The molecule has 2 aromatic rings. The molecule has 0 fully saturated rings. The standard InChI is InChI=1S/C10H10N4O5.H2O4S/c15-8(16)2-1-5-11-6-3-4-7(14(17)18)10-9(6)12-19-13-10;1-5(2,3)4/h3-4,11H,1-2,5H2,(H,15,16);(H2,1,2,3,4). The molecule has 0 atom stereocenters. The zero-order valence-corrected chi connectivity index (χ0v) is 12.6. The molecule has 0 aliphatic heterocycles. The van der Waals surface area contributed by atoms with Gasteiger partial charge in [-0.2, -0.15) is 8.42 Å². The third-order valence-electron chi connectivity index (χ3n) is 2.47. The predicted octanol–water partition coefficient (Wildman–Crippen LogP) is 0.755. The molecular weight excluding hydrogens is 352 g/mol. The van der Waals surface area contributed by atoms with E-state index in [-0.39, 0.29) is 23.1 Å². The van der Waals surface area contributed by atoms with E-state index in [9.17, 15) is 14.9 Å². The average molecular weight is 364 g/mol. The van der Waals surface area contributed by atoms with E-state index in [4.69, 9.17) is 22.6 Å². The fraction of sp³-hybridized carbons (Fsp3) is 0.300. The molecular formula is C10H12N4O9S. The van der Waals surface area contributed by atoms with Crippen molar-refractivity contribution in [2.45, 2.75) is 12.8 Å². The van der Waals surface area contributed by atoms with Crippen LogP contribution in [0.3, 0.4) is 0 Å². The molecule has 0 aliphatic rings. The monoisotopic (exact) mass is 364 g/mol. The number of nitro benzene ring substituents is 1. The maximum absolute atomic E-state index is 10.8. The van der Waals surface area contributed by atoms with E-state index in [1.807, 2.05) is 0 Å². The van der Waals surface area contributed by atoms with E-state index >= 15 is 0 Å². The molecule has 4 N–H and O–H groups in total. The molecule has 0 radical (unpaired) electrons. The molecule has 1 heterocycles. The number of hydrogen-bond acceptors (Lipinski definition) is 9. The molecule has 14 heteroatoms. The van der Waals surface area contributed by atoms with Gasteiger partial charge in [-0.3, -0.25) is 24.0 Å². The Hall–Kier alpha value is -2.84. The molecule has 0 amide bonds. The van der Waals surface area contributed by atoms with Crippen molar-refractivity contribution in [2.24, 2.45) is 0 Å². The van der Waals surface area contributed by atoms with Crippen LogP contribution in [0.25, 0.3) is 11.0 Å². The normalized spacial score (nSPS) is 10.8. The number of aliphatic carboxylic acids is 1. The van der Waals surface area contributed by atoms with Crippen LogP contribution in [0.5, 0.6) is 0 Å². The van der Waals surface area contributed by atoms with Crippen LogP contribution in [0.2, 0.25) is 0 Å². The Morgan fingerprint density at radius 3 is 2.42 bits per heavy atom. The highest BCUT2D eigenvalue weighted by molar-refractivity contribution is 7.79. The summed E-state index contributed by atoms with van der Waals surface area (Å²) in [5, 5.41) is 29.3. The van der Waals surface area contributed by atoms with E-state index in [1.165, 1.54) is 12.1 Å². The largest absolute Gasteiger partial charge is 0.481 e. The van der Waals surface area contributed by atoms with E-state index in [2.05, 4.69) is 20.3 Å². The van der Waals surface area contributed by atoms with E-state index < -0.39 is 21.3 Å². The number of aromatic nitrogens is 2. The van der Waals surface area contributed by atoms with Gasteiger partial charge in [-0.25, -0.2) is 4.63 Å². The number of non-ortho nitro benzene ring substituents is 1. The molecule has 132 valence electrons. The SMILES string of the molecule is O=C(O)CCCNc1ccc([N+](=O)[O-])c2nonc12.O=S(=O)(O)O. The molecule has 1 aromatic carbocycles. The Labute approximate surface area is 134 Å². The topological polar surface area (TPSA) is 206 Å². The highest BCUT2D eigenvalue weighted by Gasteiger charge is 2.19. The number of carboxylic acids is 1. The van der Waals surface area contributed by atoms with Gasteiger partial charge in [0.25, 0.3) is 0 Å². The van der Waals surface area contributed by atoms with Crippen LogP contribution in [0.1, 0.15) is 12.8 Å². The summed E-state index contributed by atoms with van der Waals surface area (Å²) in [4.78, 5) is 20.6. The van der Waals surface area contributed by atoms with E-state index in [0.29, 0.717) is 18.7 Å². The summed E-state index contributed by atoms with van der Waals surface area (Å²) in [6, 6.07) is 2.79. The van der Waals surface area contributed by atoms with Crippen LogP contribution in [0.4, 0.5) is 11.4 Å². The lowest BCUT2D eigenvalue weighted by molar-refractivity contribution is -0.383. The van der Waals surface area contributed by atoms with Gasteiger partial charge in [0.1, 0.15) is 0 Å². The molecule has 0 saturated heterocycles. The Morgan fingerprint density at radius 1 is 1.29 bits per heavy atom. The summed E-state index contributed by atoms with van der Waals surface area (Å²) >= 11 is 0. The van der Waals surface area contributed by atoms with Gasteiger partial charge in [0.15, 0.2) is 5.52 Å². The zero-order chi connectivity index (χ0) is 18.3. The van der Waals surface area contributed by atoms with Crippen molar-refractivity contribution in [3.8, 4) is 0 Å². The first-order valence-corrected chi connectivity index (χ1v) is 7.54. The second-order valence-corrected chi connectivity index (χ2v) is 5.12. The van der Waals surface area contributed by atoms with Gasteiger partial charge >= 0.3 is 22.1 Å². The molecule has 13 nitrogen and oxygen atoms in total. The average Bonchev–Trinajstić information content (AvgIpc) is 2.90. The number of carbonyl (C=O) groups is 1. The van der Waals surface area contributed by atoms with Crippen LogP contribution in [-0.4, -0.2) is 50.4 Å². The van der Waals surface area contributed by atoms with Gasteiger partial charge in [0, 0.05) is 19.0 Å². The summed E-state index contributed by atoms with van der Waals surface area (Å²) in [6.45, 7) is 0.409. The highest BCUT2D eigenvalue weighted by atomic mass is 32.3. The van der Waals surface area contributed by atoms with Crippen molar-refractivity contribution in [2.75, 3.05) is 11.9 Å². The van der Waals surface area contributed by atoms with Gasteiger partial charge in [-0.15, -0.1) is 0 Å². The molecule has 0 unspecified atom stereocenters. The Kier molecular flexibility index (Phi) is 6.51. The van der Waals surface area contributed by atoms with Gasteiger partial charge in [-0.1, -0.05) is 0 Å². The van der Waals surface area contributed by atoms with Gasteiger partial charge in [0.2, 0.25) is 5.52 Å². The van der Waals surface area contributed by atoms with Crippen molar-refractivity contribution in [3.63, 3.8) is 0 Å². The summed E-state index contributed by atoms with van der Waals surface area (Å²) in [5.41, 5.74) is 0.650. The van der Waals surface area contributed by atoms with Crippen LogP contribution in [0.15, 0.2) is 16.8 Å². The second kappa shape index (κ2) is 8.14. The lowest BCUT2D eigenvalue weighted by Gasteiger charge is -2.04. The van der Waals surface area contributed by atoms with Gasteiger partial charge in [-0.05, 0) is 22.8 Å². The maximum atomic E-state index is 10.8. The summed E-state index contributed by atoms with van der Waals surface area (Å²) in [5.74, 6) is -0.876. The number of nitrogens with zero attached hydrogens (tertiary/aromatic N) is 3. The number of fused-ring (bicyclic) bond motifs is 1. The molecule has 0 aliphatic carbocycles. The zero-order valence-electron chi connectivity index (χ0n) is 11.8. The van der Waals surface area contributed by atoms with Crippen LogP contribution >= 0.6 is 0 Å². The maximum Gasteiger partial charge on any atom is 0.394 e. The third-order valence-corrected chi connectivity index (χ3v) is 2.47. The summed E-state index contributed by atoms with van der Waals surface area (Å²) < 4.78 is 36.1. The fourth-order valence-corrected chi connectivity index (χ4v) is 1.61. The predicted molar refractivity (Wildman–Crippen MR) is 78.0 cm³/mol. The second-order valence-electron chi connectivity index (χ2n) is 4.22. The summed E-state index contributed by atoms with van der Waals surface area (Å²) in [7, 11) is -4.67. The van der Waals surface area contributed by atoms with Gasteiger partial charge < -0.3 is 10.4 Å². The molecule has 0 bridgehead atoms. The molecule has 24 heavy (non-hydrogen) atoms. The minimum atomic E-state index is -4.67. The number of nitrogens with one attached hydrogen (secondary N) is 1. The quantitative estimate of drug-likeness (QED) is 0.242. The smallest absolute Gasteiger partial charge is 0.394 e. The molecule has 0 spiro atoms. The van der Waals surface area contributed by atoms with Crippen molar-refractivity contribution in [1.82, 2.24) is 10.3 Å². The highest BCUT2D eigenvalue weighted by Crippen LogP contribution is 2.28. The summed E-state index contributed by atoms with van der Waals surface area (Å²) in [6.07, 6.45) is 0.472. The molecule has 0 saturated carbocycles.